The van der Waals surface area contributed by atoms with Gasteiger partial charge in [0.05, 0.1) is 19.3 Å². The quantitative estimate of drug-likeness (QED) is 0.744. The van der Waals surface area contributed by atoms with Gasteiger partial charge in [0.25, 0.3) is 0 Å². The summed E-state index contributed by atoms with van der Waals surface area (Å²) in [5.74, 6) is 0.0512. The van der Waals surface area contributed by atoms with E-state index in [4.69, 9.17) is 9.47 Å². The molecule has 1 atom stereocenters. The lowest BCUT2D eigenvalue weighted by Gasteiger charge is -2.28. The molecule has 0 saturated carbocycles. The van der Waals surface area contributed by atoms with Crippen molar-refractivity contribution < 1.29 is 14.3 Å². The van der Waals surface area contributed by atoms with Gasteiger partial charge in [-0.25, -0.2) is 0 Å². The largest absolute Gasteiger partial charge is 0.378 e. The highest BCUT2D eigenvalue weighted by Gasteiger charge is 2.20. The summed E-state index contributed by atoms with van der Waals surface area (Å²) in [6.45, 7) is 7.67. The molecule has 25 heavy (non-hydrogen) atoms. The lowest BCUT2D eigenvalue weighted by Crippen LogP contribution is -2.36. The molecule has 1 aromatic rings. The van der Waals surface area contributed by atoms with Crippen molar-refractivity contribution in [3.8, 4) is 0 Å². The number of carbonyl (C=O) groups is 1. The van der Waals surface area contributed by atoms with Crippen LogP contribution in [0.3, 0.4) is 0 Å². The normalized spacial score (nSPS) is 21.0. The van der Waals surface area contributed by atoms with Crippen molar-refractivity contribution in [2.75, 3.05) is 50.9 Å². The summed E-state index contributed by atoms with van der Waals surface area (Å²) < 4.78 is 11.0. The van der Waals surface area contributed by atoms with E-state index >= 15 is 0 Å². The number of benzene rings is 1. The van der Waals surface area contributed by atoms with Crippen molar-refractivity contribution in [3.05, 3.63) is 35.9 Å². The number of morpholine rings is 1. The van der Waals surface area contributed by atoms with E-state index in [1.54, 1.807) is 6.08 Å². The molecule has 2 aliphatic rings. The molecule has 0 aliphatic carbocycles. The Bertz CT molecular complexity index is 573. The third kappa shape index (κ3) is 5.06. The van der Waals surface area contributed by atoms with Gasteiger partial charge >= 0.3 is 0 Å². The van der Waals surface area contributed by atoms with Crippen molar-refractivity contribution in [2.24, 2.45) is 0 Å². The summed E-state index contributed by atoms with van der Waals surface area (Å²) in [6, 6.07) is 8.34. The van der Waals surface area contributed by atoms with E-state index in [1.807, 2.05) is 17.9 Å². The Hall–Kier alpha value is -1.85. The van der Waals surface area contributed by atoms with Gasteiger partial charge in [0.1, 0.15) is 0 Å². The second-order valence-electron chi connectivity index (χ2n) is 6.54. The Kier molecular flexibility index (Phi) is 6.48. The number of anilines is 1. The molecule has 0 unspecified atom stereocenters. The van der Waals surface area contributed by atoms with Gasteiger partial charge in [-0.3, -0.25) is 4.79 Å². The van der Waals surface area contributed by atoms with E-state index in [-0.39, 0.29) is 12.0 Å². The molecule has 0 spiro atoms. The van der Waals surface area contributed by atoms with Crippen LogP contribution in [0, 0.1) is 0 Å². The van der Waals surface area contributed by atoms with E-state index in [1.165, 1.54) is 5.69 Å². The molecule has 2 aliphatic heterocycles. The van der Waals surface area contributed by atoms with Gasteiger partial charge in [-0.2, -0.15) is 0 Å². The van der Waals surface area contributed by atoms with Crippen LogP contribution in [0.4, 0.5) is 5.69 Å². The fraction of sp³-hybridized carbons (Fsp3) is 0.550. The molecule has 0 bridgehead atoms. The number of hydrogen-bond acceptors (Lipinski definition) is 4. The molecule has 0 N–H and O–H groups in total. The standard InChI is InChI=1S/C20H28N2O3/c1-2-21(16-19-4-3-13-25-19)20(23)10-7-17-5-8-18(9-6-17)22-11-14-24-15-12-22/h5-10,19H,2-4,11-16H2,1H3/b10-7-/t19-/m0/s1. The van der Waals surface area contributed by atoms with Gasteiger partial charge in [0.15, 0.2) is 0 Å². The van der Waals surface area contributed by atoms with Gasteiger partial charge in [-0.15, -0.1) is 0 Å². The van der Waals surface area contributed by atoms with Crippen LogP contribution >= 0.6 is 0 Å². The summed E-state index contributed by atoms with van der Waals surface area (Å²) in [5.41, 5.74) is 2.25. The van der Waals surface area contributed by atoms with Crippen molar-refractivity contribution in [1.82, 2.24) is 4.90 Å². The maximum Gasteiger partial charge on any atom is 0.246 e. The van der Waals surface area contributed by atoms with Crippen molar-refractivity contribution >= 4 is 17.7 Å². The Morgan fingerprint density at radius 2 is 2.00 bits per heavy atom. The molecule has 2 heterocycles. The zero-order valence-electron chi connectivity index (χ0n) is 15.0. The monoisotopic (exact) mass is 344 g/mol. The Morgan fingerprint density at radius 3 is 2.64 bits per heavy atom. The third-order valence-corrected chi connectivity index (χ3v) is 4.83. The summed E-state index contributed by atoms with van der Waals surface area (Å²) in [4.78, 5) is 16.6. The first kappa shape index (κ1) is 18.0. The maximum atomic E-state index is 12.4. The van der Waals surface area contributed by atoms with Gasteiger partial charge in [-0.1, -0.05) is 12.1 Å². The van der Waals surface area contributed by atoms with Crippen LogP contribution in [0.5, 0.6) is 0 Å². The highest BCUT2D eigenvalue weighted by atomic mass is 16.5. The molecule has 2 saturated heterocycles. The zero-order chi connectivity index (χ0) is 17.5. The van der Waals surface area contributed by atoms with E-state index in [2.05, 4.69) is 29.2 Å². The van der Waals surface area contributed by atoms with Gasteiger partial charge in [0.2, 0.25) is 5.91 Å². The Morgan fingerprint density at radius 1 is 1.24 bits per heavy atom. The van der Waals surface area contributed by atoms with E-state index < -0.39 is 0 Å². The number of rotatable bonds is 6. The molecule has 0 radical (unpaired) electrons. The van der Waals surface area contributed by atoms with Gasteiger partial charge in [0, 0.05) is 44.5 Å². The molecule has 1 aromatic carbocycles. The van der Waals surface area contributed by atoms with Crippen LogP contribution in [-0.2, 0) is 14.3 Å². The van der Waals surface area contributed by atoms with Crippen LogP contribution in [0.2, 0.25) is 0 Å². The van der Waals surface area contributed by atoms with Crippen LogP contribution in [-0.4, -0.2) is 62.9 Å². The number of likely N-dealkylation sites (N-methyl/N-ethyl adjacent to an activating group) is 1. The predicted molar refractivity (Wildman–Crippen MR) is 99.7 cm³/mol. The summed E-state index contributed by atoms with van der Waals surface area (Å²) >= 11 is 0. The number of nitrogens with zero attached hydrogens (tertiary/aromatic N) is 2. The summed E-state index contributed by atoms with van der Waals surface area (Å²) in [7, 11) is 0. The minimum atomic E-state index is 0.0512. The van der Waals surface area contributed by atoms with Gasteiger partial charge in [-0.05, 0) is 43.5 Å². The van der Waals surface area contributed by atoms with Crippen LogP contribution in [0.1, 0.15) is 25.3 Å². The molecule has 2 fully saturated rings. The lowest BCUT2D eigenvalue weighted by molar-refractivity contribution is -0.127. The first-order chi connectivity index (χ1) is 12.3. The first-order valence-corrected chi connectivity index (χ1v) is 9.27. The second-order valence-corrected chi connectivity index (χ2v) is 6.54. The van der Waals surface area contributed by atoms with Crippen molar-refractivity contribution in [3.63, 3.8) is 0 Å². The average Bonchev–Trinajstić information content (AvgIpc) is 3.18. The number of amides is 1. The number of carbonyl (C=O) groups excluding carboxylic acids is 1. The SMILES string of the molecule is CCN(C[C@@H]1CCCO1)C(=O)/C=C\c1ccc(N2CCOCC2)cc1. The Balaban J connectivity index is 1.55. The molecule has 5 nitrogen and oxygen atoms in total. The maximum absolute atomic E-state index is 12.4. The fourth-order valence-corrected chi connectivity index (χ4v) is 3.30. The minimum Gasteiger partial charge on any atom is -0.378 e. The molecule has 5 heteroatoms. The van der Waals surface area contributed by atoms with E-state index in [9.17, 15) is 4.79 Å². The first-order valence-electron chi connectivity index (χ1n) is 9.27. The summed E-state index contributed by atoms with van der Waals surface area (Å²) in [5, 5.41) is 0. The number of hydrogen-bond donors (Lipinski definition) is 0. The fourth-order valence-electron chi connectivity index (χ4n) is 3.30. The van der Waals surface area contributed by atoms with E-state index in [0.717, 1.165) is 51.3 Å². The molecule has 1 amide bonds. The van der Waals surface area contributed by atoms with Gasteiger partial charge < -0.3 is 19.3 Å². The molecular formula is C20H28N2O3. The Labute approximate surface area is 150 Å². The van der Waals surface area contributed by atoms with E-state index in [0.29, 0.717) is 13.1 Å². The molecule has 136 valence electrons. The van der Waals surface area contributed by atoms with Crippen LogP contribution in [0.25, 0.3) is 6.08 Å². The highest BCUT2D eigenvalue weighted by molar-refractivity contribution is 5.91. The van der Waals surface area contributed by atoms with Crippen LogP contribution < -0.4 is 4.90 Å². The predicted octanol–water partition coefficient (Wildman–Crippen LogP) is 2.56. The zero-order valence-corrected chi connectivity index (χ0v) is 15.0. The van der Waals surface area contributed by atoms with Crippen molar-refractivity contribution in [1.29, 1.82) is 0 Å². The number of ether oxygens (including phenoxy) is 2. The average molecular weight is 344 g/mol. The third-order valence-electron chi connectivity index (χ3n) is 4.83. The summed E-state index contributed by atoms with van der Waals surface area (Å²) in [6.07, 6.45) is 5.91. The minimum absolute atomic E-state index is 0.0512. The lowest BCUT2D eigenvalue weighted by atomic mass is 10.1. The smallest absolute Gasteiger partial charge is 0.246 e. The molecular weight excluding hydrogens is 316 g/mol. The highest BCUT2D eigenvalue weighted by Crippen LogP contribution is 2.18. The van der Waals surface area contributed by atoms with Crippen molar-refractivity contribution in [2.45, 2.75) is 25.9 Å². The molecule has 0 aromatic heterocycles. The molecule has 3 rings (SSSR count). The van der Waals surface area contributed by atoms with Crippen LogP contribution in [0.15, 0.2) is 30.3 Å². The topological polar surface area (TPSA) is 42.0 Å². The second kappa shape index (κ2) is 9.02.